The quantitative estimate of drug-likeness (QED) is 0.594. The van der Waals surface area contributed by atoms with Crippen LogP contribution in [0.3, 0.4) is 0 Å². The Kier molecular flexibility index (Phi) is 5.41. The van der Waals surface area contributed by atoms with E-state index in [0.29, 0.717) is 24.0 Å². The summed E-state index contributed by atoms with van der Waals surface area (Å²) in [5.41, 5.74) is 1.82. The molecule has 0 amide bonds. The number of anilines is 2. The van der Waals surface area contributed by atoms with Gasteiger partial charge in [0.05, 0.1) is 19.7 Å². The molecule has 152 valence electrons. The third kappa shape index (κ3) is 3.91. The van der Waals surface area contributed by atoms with E-state index in [0.717, 1.165) is 46.7 Å². The van der Waals surface area contributed by atoms with Crippen LogP contribution in [0.1, 0.15) is 18.9 Å². The van der Waals surface area contributed by atoms with Gasteiger partial charge in [-0.05, 0) is 30.2 Å². The van der Waals surface area contributed by atoms with Crippen molar-refractivity contribution in [2.45, 2.75) is 19.9 Å². The summed E-state index contributed by atoms with van der Waals surface area (Å²) in [6.07, 6.45) is 0.985. The number of hydrogen-bond acceptors (Lipinski definition) is 8. The van der Waals surface area contributed by atoms with E-state index in [2.05, 4.69) is 27.5 Å². The summed E-state index contributed by atoms with van der Waals surface area (Å²) in [6.45, 7) is 3.74. The summed E-state index contributed by atoms with van der Waals surface area (Å²) >= 11 is 0. The molecule has 0 aliphatic carbocycles. The smallest absolute Gasteiger partial charge is 0.231 e. The van der Waals surface area contributed by atoms with E-state index in [9.17, 15) is 0 Å². The first-order valence-electron chi connectivity index (χ1n) is 9.52. The lowest BCUT2D eigenvalue weighted by atomic mass is 10.2. The van der Waals surface area contributed by atoms with Gasteiger partial charge in [0, 0.05) is 24.5 Å². The van der Waals surface area contributed by atoms with Crippen molar-refractivity contribution in [1.29, 1.82) is 0 Å². The van der Waals surface area contributed by atoms with Crippen LogP contribution in [0.25, 0.3) is 10.9 Å². The van der Waals surface area contributed by atoms with Crippen LogP contribution in [0, 0.1) is 0 Å². The van der Waals surface area contributed by atoms with E-state index in [-0.39, 0.29) is 6.79 Å². The van der Waals surface area contributed by atoms with Gasteiger partial charge in [0.15, 0.2) is 23.0 Å². The predicted molar refractivity (Wildman–Crippen MR) is 111 cm³/mol. The largest absolute Gasteiger partial charge is 0.493 e. The molecular formula is C21H24N4O4. The van der Waals surface area contributed by atoms with Gasteiger partial charge in [0.25, 0.3) is 0 Å². The van der Waals surface area contributed by atoms with Gasteiger partial charge < -0.3 is 29.6 Å². The van der Waals surface area contributed by atoms with Crippen LogP contribution in [-0.4, -0.2) is 37.5 Å². The van der Waals surface area contributed by atoms with Gasteiger partial charge in [0.2, 0.25) is 12.7 Å². The number of hydrogen-bond donors (Lipinski definition) is 2. The minimum atomic E-state index is 0.262. The number of ether oxygens (including phenoxy) is 4. The SMILES string of the molecule is CCCNc1nc(NCc2ccc3c(c2)OCO3)nc2cc(OC)c(OC)cc12. The van der Waals surface area contributed by atoms with Crippen LogP contribution in [-0.2, 0) is 6.54 Å². The van der Waals surface area contributed by atoms with E-state index in [1.54, 1.807) is 14.2 Å². The van der Waals surface area contributed by atoms with Crippen molar-refractivity contribution in [3.63, 3.8) is 0 Å². The highest BCUT2D eigenvalue weighted by molar-refractivity contribution is 5.92. The third-order valence-corrected chi connectivity index (χ3v) is 4.63. The van der Waals surface area contributed by atoms with Crippen LogP contribution in [0.15, 0.2) is 30.3 Å². The van der Waals surface area contributed by atoms with Gasteiger partial charge in [-0.1, -0.05) is 13.0 Å². The maximum Gasteiger partial charge on any atom is 0.231 e. The minimum absolute atomic E-state index is 0.262. The highest BCUT2D eigenvalue weighted by Crippen LogP contribution is 2.35. The van der Waals surface area contributed by atoms with Gasteiger partial charge >= 0.3 is 0 Å². The molecule has 8 heteroatoms. The molecule has 0 unspecified atom stereocenters. The Hall–Kier alpha value is -3.42. The van der Waals surface area contributed by atoms with E-state index in [1.807, 2.05) is 30.3 Å². The molecule has 2 aromatic carbocycles. The fourth-order valence-electron chi connectivity index (χ4n) is 3.14. The van der Waals surface area contributed by atoms with E-state index >= 15 is 0 Å². The average Bonchev–Trinajstić information content (AvgIpc) is 3.22. The molecule has 29 heavy (non-hydrogen) atoms. The summed E-state index contributed by atoms with van der Waals surface area (Å²) in [7, 11) is 3.23. The lowest BCUT2D eigenvalue weighted by Gasteiger charge is -2.14. The summed E-state index contributed by atoms with van der Waals surface area (Å²) in [5, 5.41) is 7.55. The molecule has 4 rings (SSSR count). The Labute approximate surface area is 169 Å². The topological polar surface area (TPSA) is 86.8 Å². The Morgan fingerprint density at radius 2 is 1.76 bits per heavy atom. The standard InChI is InChI=1S/C21H24N4O4/c1-4-7-22-20-14-9-17(26-2)18(27-3)10-15(14)24-21(25-20)23-11-13-5-6-16-19(8-13)29-12-28-16/h5-6,8-10H,4,7,11-12H2,1-3H3,(H2,22,23,24,25). The molecule has 1 aliphatic heterocycles. The Bertz CT molecular complexity index is 1030. The zero-order valence-corrected chi connectivity index (χ0v) is 16.7. The second kappa shape index (κ2) is 8.30. The molecule has 2 N–H and O–H groups in total. The number of fused-ring (bicyclic) bond motifs is 2. The Morgan fingerprint density at radius 1 is 0.966 bits per heavy atom. The van der Waals surface area contributed by atoms with Crippen molar-refractivity contribution in [2.24, 2.45) is 0 Å². The molecular weight excluding hydrogens is 372 g/mol. The molecule has 1 aliphatic rings. The summed E-state index contributed by atoms with van der Waals surface area (Å²) in [6, 6.07) is 9.62. The number of rotatable bonds is 8. The van der Waals surface area contributed by atoms with Crippen molar-refractivity contribution < 1.29 is 18.9 Å². The van der Waals surface area contributed by atoms with E-state index in [4.69, 9.17) is 18.9 Å². The highest BCUT2D eigenvalue weighted by atomic mass is 16.7. The monoisotopic (exact) mass is 396 g/mol. The van der Waals surface area contributed by atoms with Crippen molar-refractivity contribution in [3.05, 3.63) is 35.9 Å². The highest BCUT2D eigenvalue weighted by Gasteiger charge is 2.15. The second-order valence-corrected chi connectivity index (χ2v) is 6.59. The van der Waals surface area contributed by atoms with Crippen LogP contribution in [0.4, 0.5) is 11.8 Å². The van der Waals surface area contributed by atoms with Gasteiger partial charge in [0.1, 0.15) is 5.82 Å². The molecule has 0 radical (unpaired) electrons. The summed E-state index contributed by atoms with van der Waals surface area (Å²) < 4.78 is 21.7. The zero-order chi connectivity index (χ0) is 20.2. The normalized spacial score (nSPS) is 12.1. The minimum Gasteiger partial charge on any atom is -0.493 e. The molecule has 1 aromatic heterocycles. The Balaban J connectivity index is 1.64. The summed E-state index contributed by atoms with van der Waals surface area (Å²) in [4.78, 5) is 9.33. The third-order valence-electron chi connectivity index (χ3n) is 4.63. The van der Waals surface area contributed by atoms with Crippen LogP contribution < -0.4 is 29.6 Å². The van der Waals surface area contributed by atoms with Crippen molar-refractivity contribution in [2.75, 3.05) is 38.2 Å². The maximum absolute atomic E-state index is 5.44. The van der Waals surface area contributed by atoms with Crippen molar-refractivity contribution in [3.8, 4) is 23.0 Å². The second-order valence-electron chi connectivity index (χ2n) is 6.59. The molecule has 0 spiro atoms. The molecule has 0 fully saturated rings. The van der Waals surface area contributed by atoms with Crippen LogP contribution in [0.5, 0.6) is 23.0 Å². The fourth-order valence-corrected chi connectivity index (χ4v) is 3.14. The van der Waals surface area contributed by atoms with E-state index in [1.165, 1.54) is 0 Å². The number of nitrogens with zero attached hydrogens (tertiary/aromatic N) is 2. The van der Waals surface area contributed by atoms with E-state index < -0.39 is 0 Å². The van der Waals surface area contributed by atoms with Crippen LogP contribution in [0.2, 0.25) is 0 Å². The van der Waals surface area contributed by atoms with Gasteiger partial charge in [-0.2, -0.15) is 4.98 Å². The van der Waals surface area contributed by atoms with Gasteiger partial charge in [-0.15, -0.1) is 0 Å². The first-order valence-corrected chi connectivity index (χ1v) is 9.52. The summed E-state index contributed by atoms with van der Waals surface area (Å²) in [5.74, 6) is 4.08. The molecule has 8 nitrogen and oxygen atoms in total. The molecule has 0 atom stereocenters. The predicted octanol–water partition coefficient (Wildman–Crippen LogP) is 3.81. The van der Waals surface area contributed by atoms with Crippen LogP contribution >= 0.6 is 0 Å². The molecule has 0 bridgehead atoms. The fraction of sp³-hybridized carbons (Fsp3) is 0.333. The number of methoxy groups -OCH3 is 2. The molecule has 0 saturated heterocycles. The van der Waals surface area contributed by atoms with Gasteiger partial charge in [-0.25, -0.2) is 4.98 Å². The zero-order valence-electron chi connectivity index (χ0n) is 16.7. The lowest BCUT2D eigenvalue weighted by molar-refractivity contribution is 0.174. The maximum atomic E-state index is 5.44. The number of benzene rings is 2. The molecule has 0 saturated carbocycles. The van der Waals surface area contributed by atoms with Crippen molar-refractivity contribution in [1.82, 2.24) is 9.97 Å². The number of aromatic nitrogens is 2. The van der Waals surface area contributed by atoms with Crippen molar-refractivity contribution >= 4 is 22.7 Å². The number of nitrogens with one attached hydrogen (secondary N) is 2. The van der Waals surface area contributed by atoms with Gasteiger partial charge in [-0.3, -0.25) is 0 Å². The lowest BCUT2D eigenvalue weighted by Crippen LogP contribution is -2.08. The molecule has 2 heterocycles. The average molecular weight is 396 g/mol. The Morgan fingerprint density at radius 3 is 2.55 bits per heavy atom. The first-order chi connectivity index (χ1) is 14.2. The first kappa shape index (κ1) is 18.9. The molecule has 3 aromatic rings.